The number of piperidine rings is 1. The zero-order chi connectivity index (χ0) is 19.4. The highest BCUT2D eigenvalue weighted by Gasteiger charge is 2.23. The first-order chi connectivity index (χ1) is 13.0. The molecule has 1 fully saturated rings. The molecule has 1 N–H and O–H groups in total. The van der Waals surface area contributed by atoms with Gasteiger partial charge in [-0.15, -0.1) is 0 Å². The Hall–Kier alpha value is -3.34. The summed E-state index contributed by atoms with van der Waals surface area (Å²) in [6.45, 7) is 1.39. The molecule has 0 radical (unpaired) electrons. The number of carbonyl (C=O) groups is 1. The minimum absolute atomic E-state index is 0.0322. The van der Waals surface area contributed by atoms with E-state index >= 15 is 0 Å². The molecule has 1 saturated heterocycles. The Balaban J connectivity index is 2.06. The predicted octanol–water partition coefficient (Wildman–Crippen LogP) is 0.182. The lowest BCUT2D eigenvalue weighted by molar-refractivity contribution is -0.110. The third-order valence-electron chi connectivity index (χ3n) is 4.89. The lowest BCUT2D eigenvalue weighted by atomic mass is 10.1. The monoisotopic (exact) mass is 367 g/mol. The van der Waals surface area contributed by atoms with Crippen LogP contribution in [0.1, 0.15) is 24.0 Å². The summed E-state index contributed by atoms with van der Waals surface area (Å²) in [4.78, 5) is 37.8. The molecule has 27 heavy (non-hydrogen) atoms. The second kappa shape index (κ2) is 7.91. The van der Waals surface area contributed by atoms with Gasteiger partial charge < -0.3 is 10.2 Å². The topological polar surface area (TPSA) is 100 Å². The van der Waals surface area contributed by atoms with Crippen molar-refractivity contribution in [2.45, 2.75) is 25.4 Å². The molecule has 0 bridgehead atoms. The van der Waals surface area contributed by atoms with Gasteiger partial charge in [-0.3, -0.25) is 18.7 Å². The summed E-state index contributed by atoms with van der Waals surface area (Å²) in [5.41, 5.74) is 0.380. The fourth-order valence-corrected chi connectivity index (χ4v) is 3.42. The van der Waals surface area contributed by atoms with Gasteiger partial charge in [-0.05, 0) is 24.5 Å². The lowest BCUT2D eigenvalue weighted by Gasteiger charge is -2.35. The third kappa shape index (κ3) is 3.77. The van der Waals surface area contributed by atoms with E-state index in [4.69, 9.17) is 0 Å². The highest BCUT2D eigenvalue weighted by molar-refractivity contribution is 5.48. The molecule has 1 aromatic carbocycles. The Morgan fingerprint density at radius 1 is 1.33 bits per heavy atom. The molecule has 1 aliphatic rings. The van der Waals surface area contributed by atoms with Crippen molar-refractivity contribution in [3.63, 3.8) is 0 Å². The molecule has 2 heterocycles. The smallest absolute Gasteiger partial charge is 0.332 e. The Labute approximate surface area is 156 Å². The average Bonchev–Trinajstić information content (AvgIpc) is 2.69. The van der Waals surface area contributed by atoms with Crippen LogP contribution in [0.25, 0.3) is 0 Å². The van der Waals surface area contributed by atoms with E-state index < -0.39 is 5.69 Å². The molecular formula is C19H21N5O3. The van der Waals surface area contributed by atoms with E-state index in [0.29, 0.717) is 36.4 Å². The van der Waals surface area contributed by atoms with E-state index in [-0.39, 0.29) is 18.1 Å². The molecule has 8 heteroatoms. The first-order valence-electron chi connectivity index (χ1n) is 8.78. The van der Waals surface area contributed by atoms with Crippen LogP contribution < -0.4 is 21.5 Å². The Morgan fingerprint density at radius 3 is 2.85 bits per heavy atom. The maximum Gasteiger partial charge on any atom is 0.332 e. The van der Waals surface area contributed by atoms with Gasteiger partial charge in [0.2, 0.25) is 6.41 Å². The largest absolute Gasteiger partial charge is 0.356 e. The number of aromatic nitrogens is 2. The van der Waals surface area contributed by atoms with Crippen LogP contribution in [-0.2, 0) is 18.4 Å². The summed E-state index contributed by atoms with van der Waals surface area (Å²) >= 11 is 0. The van der Waals surface area contributed by atoms with E-state index in [0.717, 1.165) is 17.4 Å². The molecule has 0 unspecified atom stereocenters. The summed E-state index contributed by atoms with van der Waals surface area (Å²) in [6, 6.07) is 10.6. The van der Waals surface area contributed by atoms with Gasteiger partial charge in [0, 0.05) is 32.2 Å². The van der Waals surface area contributed by atoms with Crippen molar-refractivity contribution >= 4 is 12.2 Å². The minimum atomic E-state index is -0.435. The standard InChI is InChI=1S/C19H21N5O3/c1-22-18(26)9-17(23-8-4-7-16(12-23)21-13-25)24(19(22)27)11-15-6-3-2-5-14(15)10-20/h2-3,5-6,9,13,16H,4,7-8,11-12H2,1H3,(H,21,25)/t16-/m1/s1. The normalized spacial score (nSPS) is 16.6. The Morgan fingerprint density at radius 2 is 2.11 bits per heavy atom. The molecule has 140 valence electrons. The van der Waals surface area contributed by atoms with Gasteiger partial charge in [-0.1, -0.05) is 18.2 Å². The van der Waals surface area contributed by atoms with Crippen LogP contribution in [-0.4, -0.2) is 34.7 Å². The molecule has 1 atom stereocenters. The molecule has 1 aromatic heterocycles. The van der Waals surface area contributed by atoms with Crippen LogP contribution in [0.3, 0.4) is 0 Å². The van der Waals surface area contributed by atoms with Gasteiger partial charge in [0.15, 0.2) is 0 Å². The fraction of sp³-hybridized carbons (Fsp3) is 0.368. The Bertz CT molecular complexity index is 1000. The van der Waals surface area contributed by atoms with Crippen LogP contribution in [0.15, 0.2) is 39.9 Å². The molecule has 2 aromatic rings. The highest BCUT2D eigenvalue weighted by Crippen LogP contribution is 2.19. The van der Waals surface area contributed by atoms with Crippen LogP contribution in [0.4, 0.5) is 5.82 Å². The van der Waals surface area contributed by atoms with Gasteiger partial charge in [-0.25, -0.2) is 4.79 Å². The molecule has 0 saturated carbocycles. The summed E-state index contributed by atoms with van der Waals surface area (Å²) in [5.74, 6) is 0.508. The number of carbonyl (C=O) groups excluding carboxylic acids is 1. The van der Waals surface area contributed by atoms with Gasteiger partial charge in [0.1, 0.15) is 5.82 Å². The fourth-order valence-electron chi connectivity index (χ4n) is 3.42. The van der Waals surface area contributed by atoms with Gasteiger partial charge in [0.25, 0.3) is 5.56 Å². The van der Waals surface area contributed by atoms with Crippen LogP contribution in [0.2, 0.25) is 0 Å². The first kappa shape index (κ1) is 18.5. The number of hydrogen-bond acceptors (Lipinski definition) is 5. The van der Waals surface area contributed by atoms with Crippen LogP contribution >= 0.6 is 0 Å². The number of benzene rings is 1. The number of anilines is 1. The average molecular weight is 367 g/mol. The van der Waals surface area contributed by atoms with E-state index in [1.807, 2.05) is 11.0 Å². The maximum absolute atomic E-state index is 12.8. The molecule has 1 amide bonds. The van der Waals surface area contributed by atoms with E-state index in [9.17, 15) is 19.6 Å². The second-order valence-electron chi connectivity index (χ2n) is 6.61. The minimum Gasteiger partial charge on any atom is -0.356 e. The van der Waals surface area contributed by atoms with Gasteiger partial charge in [-0.2, -0.15) is 5.26 Å². The van der Waals surface area contributed by atoms with Crippen molar-refractivity contribution < 1.29 is 4.79 Å². The SMILES string of the molecule is Cn1c(=O)cc(N2CCC[C@@H](NC=O)C2)n(Cc2ccccc2C#N)c1=O. The van der Waals surface area contributed by atoms with Crippen LogP contribution in [0, 0.1) is 11.3 Å². The van der Waals surface area contributed by atoms with Crippen molar-refractivity contribution in [3.05, 3.63) is 62.3 Å². The number of nitriles is 1. The lowest BCUT2D eigenvalue weighted by Crippen LogP contribution is -2.49. The van der Waals surface area contributed by atoms with E-state index in [1.54, 1.807) is 18.2 Å². The molecule has 8 nitrogen and oxygen atoms in total. The molecular weight excluding hydrogens is 346 g/mol. The molecule has 1 aliphatic heterocycles. The zero-order valence-electron chi connectivity index (χ0n) is 15.1. The van der Waals surface area contributed by atoms with E-state index in [2.05, 4.69) is 11.4 Å². The number of hydrogen-bond donors (Lipinski definition) is 1. The van der Waals surface area contributed by atoms with Gasteiger partial charge >= 0.3 is 5.69 Å². The third-order valence-corrected chi connectivity index (χ3v) is 4.89. The van der Waals surface area contributed by atoms with Crippen molar-refractivity contribution in [2.24, 2.45) is 7.05 Å². The second-order valence-corrected chi connectivity index (χ2v) is 6.61. The van der Waals surface area contributed by atoms with Crippen molar-refractivity contribution in [1.82, 2.24) is 14.5 Å². The quantitative estimate of drug-likeness (QED) is 0.760. The first-order valence-corrected chi connectivity index (χ1v) is 8.78. The Kier molecular flexibility index (Phi) is 5.41. The summed E-state index contributed by atoms with van der Waals surface area (Å²) in [5, 5.41) is 12.1. The van der Waals surface area contributed by atoms with Crippen LogP contribution in [0.5, 0.6) is 0 Å². The number of nitrogens with zero attached hydrogens (tertiary/aromatic N) is 4. The van der Waals surface area contributed by atoms with Crippen molar-refractivity contribution in [1.29, 1.82) is 5.26 Å². The predicted molar refractivity (Wildman–Crippen MR) is 101 cm³/mol. The summed E-state index contributed by atoms with van der Waals surface area (Å²) < 4.78 is 2.57. The molecule has 3 rings (SSSR count). The highest BCUT2D eigenvalue weighted by atomic mass is 16.2. The van der Waals surface area contributed by atoms with Crippen molar-refractivity contribution in [2.75, 3.05) is 18.0 Å². The summed E-state index contributed by atoms with van der Waals surface area (Å²) in [6.07, 6.45) is 2.36. The van der Waals surface area contributed by atoms with E-state index in [1.165, 1.54) is 17.7 Å². The number of amides is 1. The maximum atomic E-state index is 12.8. The van der Waals surface area contributed by atoms with Gasteiger partial charge in [0.05, 0.1) is 18.2 Å². The summed E-state index contributed by atoms with van der Waals surface area (Å²) in [7, 11) is 1.44. The molecule has 0 spiro atoms. The number of nitrogens with one attached hydrogen (secondary N) is 1. The molecule has 0 aliphatic carbocycles. The zero-order valence-corrected chi connectivity index (χ0v) is 15.1. The number of rotatable bonds is 5. The van der Waals surface area contributed by atoms with Crippen molar-refractivity contribution in [3.8, 4) is 6.07 Å².